The maximum Gasteiger partial charge on any atom is 0.0286 e. The molecule has 0 spiro atoms. The van der Waals surface area contributed by atoms with E-state index < -0.39 is 0 Å². The summed E-state index contributed by atoms with van der Waals surface area (Å²) in [5, 5.41) is 0. The fraction of sp³-hybridized carbons (Fsp3) is 1.00. The highest BCUT2D eigenvalue weighted by Crippen LogP contribution is 2.34. The lowest BCUT2D eigenvalue weighted by atomic mass is 9.76. The number of nitrogens with zero attached hydrogens (tertiary/aromatic N) is 1. The molecule has 0 saturated heterocycles. The van der Waals surface area contributed by atoms with Crippen LogP contribution in [0.1, 0.15) is 59.3 Å². The van der Waals surface area contributed by atoms with Crippen LogP contribution in [0.3, 0.4) is 0 Å². The maximum atomic E-state index is 6.64. The van der Waals surface area contributed by atoms with Crippen molar-refractivity contribution in [2.24, 2.45) is 17.6 Å². The molecule has 17 heavy (non-hydrogen) atoms. The van der Waals surface area contributed by atoms with Crippen molar-refractivity contribution in [3.63, 3.8) is 0 Å². The molecule has 2 N–H and O–H groups in total. The normalized spacial score (nSPS) is 34.6. The molecule has 2 nitrogen and oxygen atoms in total. The standard InChI is InChI=1S/C15H30N2/c1-12(2)17(10-14-6-7-14)11-15(16)8-4-5-13(3)9-15/h12-14H,4-11,16H2,1-3H3. The summed E-state index contributed by atoms with van der Waals surface area (Å²) < 4.78 is 0. The Morgan fingerprint density at radius 1 is 1.29 bits per heavy atom. The monoisotopic (exact) mass is 238 g/mol. The van der Waals surface area contributed by atoms with E-state index in [1.807, 2.05) is 0 Å². The van der Waals surface area contributed by atoms with Gasteiger partial charge in [-0.25, -0.2) is 0 Å². The molecular formula is C15H30N2. The fourth-order valence-electron chi connectivity index (χ4n) is 3.34. The van der Waals surface area contributed by atoms with Crippen molar-refractivity contribution in [3.8, 4) is 0 Å². The molecule has 2 aliphatic carbocycles. The second-order valence-corrected chi connectivity index (χ2v) is 7.03. The van der Waals surface area contributed by atoms with Gasteiger partial charge in [-0.3, -0.25) is 4.90 Å². The molecule has 0 bridgehead atoms. The zero-order valence-corrected chi connectivity index (χ0v) is 11.9. The molecular weight excluding hydrogens is 208 g/mol. The molecule has 2 rings (SSSR count). The van der Waals surface area contributed by atoms with Crippen LogP contribution in [0.4, 0.5) is 0 Å². The summed E-state index contributed by atoms with van der Waals surface area (Å²) >= 11 is 0. The zero-order valence-electron chi connectivity index (χ0n) is 11.9. The Bertz CT molecular complexity index is 247. The third kappa shape index (κ3) is 3.96. The highest BCUT2D eigenvalue weighted by Gasteiger charge is 2.35. The largest absolute Gasteiger partial charge is 0.324 e. The Labute approximate surface area is 107 Å². The van der Waals surface area contributed by atoms with Crippen molar-refractivity contribution in [2.75, 3.05) is 13.1 Å². The topological polar surface area (TPSA) is 29.3 Å². The molecule has 100 valence electrons. The third-order valence-electron chi connectivity index (χ3n) is 4.56. The second kappa shape index (κ2) is 5.27. The molecule has 2 atom stereocenters. The zero-order chi connectivity index (χ0) is 12.5. The minimum absolute atomic E-state index is 0.0941. The van der Waals surface area contributed by atoms with Crippen molar-refractivity contribution in [2.45, 2.75) is 70.9 Å². The number of hydrogen-bond donors (Lipinski definition) is 1. The molecule has 2 aliphatic rings. The van der Waals surface area contributed by atoms with Crippen molar-refractivity contribution in [1.82, 2.24) is 4.90 Å². The van der Waals surface area contributed by atoms with E-state index in [2.05, 4.69) is 25.7 Å². The van der Waals surface area contributed by atoms with E-state index in [9.17, 15) is 0 Å². The van der Waals surface area contributed by atoms with Gasteiger partial charge in [0, 0.05) is 24.7 Å². The van der Waals surface area contributed by atoms with Crippen molar-refractivity contribution >= 4 is 0 Å². The van der Waals surface area contributed by atoms with E-state index in [-0.39, 0.29) is 5.54 Å². The molecule has 0 aromatic heterocycles. The van der Waals surface area contributed by atoms with Crippen LogP contribution < -0.4 is 5.73 Å². The Morgan fingerprint density at radius 2 is 2.00 bits per heavy atom. The average Bonchev–Trinajstić information content (AvgIpc) is 2.99. The van der Waals surface area contributed by atoms with Crippen LogP contribution >= 0.6 is 0 Å². The minimum Gasteiger partial charge on any atom is -0.324 e. The predicted molar refractivity (Wildman–Crippen MR) is 74.0 cm³/mol. The lowest BCUT2D eigenvalue weighted by molar-refractivity contribution is 0.122. The van der Waals surface area contributed by atoms with E-state index >= 15 is 0 Å². The first-order chi connectivity index (χ1) is 7.98. The van der Waals surface area contributed by atoms with Crippen LogP contribution in [-0.4, -0.2) is 29.6 Å². The smallest absolute Gasteiger partial charge is 0.0286 e. The van der Waals surface area contributed by atoms with Crippen molar-refractivity contribution in [3.05, 3.63) is 0 Å². The summed E-state index contributed by atoms with van der Waals surface area (Å²) in [6.07, 6.45) is 8.04. The maximum absolute atomic E-state index is 6.64. The first kappa shape index (κ1) is 13.4. The summed E-state index contributed by atoms with van der Waals surface area (Å²) in [6.45, 7) is 9.40. The van der Waals surface area contributed by atoms with Gasteiger partial charge in [-0.05, 0) is 51.4 Å². The van der Waals surface area contributed by atoms with Crippen LogP contribution in [0.5, 0.6) is 0 Å². The molecule has 0 aliphatic heterocycles. The van der Waals surface area contributed by atoms with Gasteiger partial charge in [0.15, 0.2) is 0 Å². The Balaban J connectivity index is 1.90. The van der Waals surface area contributed by atoms with Gasteiger partial charge in [-0.1, -0.05) is 19.8 Å². The van der Waals surface area contributed by atoms with Gasteiger partial charge in [-0.15, -0.1) is 0 Å². The Kier molecular flexibility index (Phi) is 4.14. The van der Waals surface area contributed by atoms with Gasteiger partial charge >= 0.3 is 0 Å². The van der Waals surface area contributed by atoms with Crippen molar-refractivity contribution < 1.29 is 0 Å². The SMILES string of the molecule is CC1CCCC(N)(CN(CC2CC2)C(C)C)C1. The summed E-state index contributed by atoms with van der Waals surface area (Å²) in [5.41, 5.74) is 6.74. The molecule has 0 heterocycles. The van der Waals surface area contributed by atoms with Crippen LogP contribution in [0.25, 0.3) is 0 Å². The molecule has 0 aromatic carbocycles. The number of rotatable bonds is 5. The van der Waals surface area contributed by atoms with E-state index in [1.165, 1.54) is 45.1 Å². The highest BCUT2D eigenvalue weighted by atomic mass is 15.2. The lowest BCUT2D eigenvalue weighted by Crippen LogP contribution is -2.54. The van der Waals surface area contributed by atoms with Crippen LogP contribution in [0.15, 0.2) is 0 Å². The van der Waals surface area contributed by atoms with Crippen molar-refractivity contribution in [1.29, 1.82) is 0 Å². The Morgan fingerprint density at radius 3 is 2.53 bits per heavy atom. The lowest BCUT2D eigenvalue weighted by Gasteiger charge is -2.42. The quantitative estimate of drug-likeness (QED) is 0.798. The van der Waals surface area contributed by atoms with Gasteiger partial charge < -0.3 is 5.73 Å². The molecule has 0 amide bonds. The minimum atomic E-state index is 0.0941. The first-order valence-corrected chi connectivity index (χ1v) is 7.51. The summed E-state index contributed by atoms with van der Waals surface area (Å²) in [5.74, 6) is 1.80. The second-order valence-electron chi connectivity index (χ2n) is 7.03. The van der Waals surface area contributed by atoms with Crippen LogP contribution in [0, 0.1) is 11.8 Å². The Hall–Kier alpha value is -0.0800. The van der Waals surface area contributed by atoms with E-state index in [0.29, 0.717) is 6.04 Å². The van der Waals surface area contributed by atoms with Gasteiger partial charge in [0.1, 0.15) is 0 Å². The van der Waals surface area contributed by atoms with E-state index in [4.69, 9.17) is 5.73 Å². The number of hydrogen-bond acceptors (Lipinski definition) is 2. The average molecular weight is 238 g/mol. The molecule has 2 saturated carbocycles. The third-order valence-corrected chi connectivity index (χ3v) is 4.56. The molecule has 0 aromatic rings. The van der Waals surface area contributed by atoms with E-state index in [1.54, 1.807) is 0 Å². The molecule has 2 unspecified atom stereocenters. The predicted octanol–water partition coefficient (Wildman–Crippen LogP) is 3.01. The van der Waals surface area contributed by atoms with Gasteiger partial charge in [0.2, 0.25) is 0 Å². The molecule has 0 radical (unpaired) electrons. The van der Waals surface area contributed by atoms with Crippen LogP contribution in [0.2, 0.25) is 0 Å². The van der Waals surface area contributed by atoms with Gasteiger partial charge in [0.05, 0.1) is 0 Å². The fourth-order valence-corrected chi connectivity index (χ4v) is 3.34. The summed E-state index contributed by atoms with van der Waals surface area (Å²) in [6, 6.07) is 0.647. The first-order valence-electron chi connectivity index (χ1n) is 7.51. The summed E-state index contributed by atoms with van der Waals surface area (Å²) in [7, 11) is 0. The number of nitrogens with two attached hydrogens (primary N) is 1. The molecule has 2 fully saturated rings. The van der Waals surface area contributed by atoms with Gasteiger partial charge in [-0.2, -0.15) is 0 Å². The highest BCUT2D eigenvalue weighted by molar-refractivity contribution is 4.94. The van der Waals surface area contributed by atoms with E-state index in [0.717, 1.165) is 18.4 Å². The summed E-state index contributed by atoms with van der Waals surface area (Å²) in [4.78, 5) is 2.63. The van der Waals surface area contributed by atoms with Crippen LogP contribution in [-0.2, 0) is 0 Å². The van der Waals surface area contributed by atoms with Gasteiger partial charge in [0.25, 0.3) is 0 Å². The molecule has 2 heteroatoms.